The van der Waals surface area contributed by atoms with Gasteiger partial charge in [-0.3, -0.25) is 4.79 Å². The Kier molecular flexibility index (Phi) is 64.3. The fourth-order valence-electron chi connectivity index (χ4n) is 15.5. The first kappa shape index (κ1) is 100. The Balaban J connectivity index is 1.29. The van der Waals surface area contributed by atoms with Crippen LogP contribution in [0.4, 0.5) is 0 Å². The maximum Gasteiger partial charge on any atom is 0.220 e. The number of aliphatic hydroxyl groups is 11. The van der Waals surface area contributed by atoms with Crippen LogP contribution in [0.2, 0.25) is 0 Å². The highest BCUT2D eigenvalue weighted by molar-refractivity contribution is 5.76. The normalized spacial score (nSPS) is 25.5. The standard InChI is InChI=1S/C89H167NO18/c1-3-5-7-9-11-13-15-17-19-21-23-25-27-29-30-31-32-33-34-35-36-37-38-39-40-41-42-43-45-47-49-51-53-55-57-59-61-63-65-67-77(95)90-72(73(94)66-64-62-60-58-56-54-52-50-48-46-44-28-26-24-22-20-18-16-14-12-10-8-6-4-2)71-103-87-83(101)80(98)85(75(69-92)105-87)108-89-84(102)81(99)86(76(70-93)106-89)107-88-82(100)79(97)78(96)74(68-91)104-88/h15,17,21,23,27,29,72-76,78-89,91-94,96-102H,3-14,16,18-20,22,24-26,28,30-71H2,1-2H3,(H,90,95)/b17-15-,23-21-,29-27-. The van der Waals surface area contributed by atoms with E-state index >= 15 is 0 Å². The van der Waals surface area contributed by atoms with Crippen LogP contribution in [0.5, 0.6) is 0 Å². The minimum absolute atomic E-state index is 0.234. The summed E-state index contributed by atoms with van der Waals surface area (Å²) >= 11 is 0. The lowest BCUT2D eigenvalue weighted by molar-refractivity contribution is -0.379. The number of aliphatic hydroxyl groups excluding tert-OH is 11. The second kappa shape index (κ2) is 69.3. The fourth-order valence-corrected chi connectivity index (χ4v) is 15.5. The smallest absolute Gasteiger partial charge is 0.220 e. The summed E-state index contributed by atoms with van der Waals surface area (Å²) in [6.45, 7) is 1.86. The third kappa shape index (κ3) is 47.8. The van der Waals surface area contributed by atoms with Gasteiger partial charge in [0.05, 0.1) is 38.6 Å². The maximum absolute atomic E-state index is 13.5. The number of allylic oxidation sites excluding steroid dienone is 6. The summed E-state index contributed by atoms with van der Waals surface area (Å²) in [5, 5.41) is 121. The molecule has 0 radical (unpaired) electrons. The first-order chi connectivity index (χ1) is 52.8. The van der Waals surface area contributed by atoms with Crippen LogP contribution in [-0.2, 0) is 33.2 Å². The molecule has 17 unspecified atom stereocenters. The van der Waals surface area contributed by atoms with Gasteiger partial charge in [-0.05, 0) is 51.4 Å². The molecule has 0 bridgehead atoms. The van der Waals surface area contributed by atoms with E-state index in [1.165, 1.54) is 302 Å². The molecule has 3 aliphatic rings. The molecule has 3 rings (SSSR count). The molecular formula is C89H167NO18. The summed E-state index contributed by atoms with van der Waals surface area (Å²) < 4.78 is 34.6. The lowest BCUT2D eigenvalue weighted by Gasteiger charge is -2.48. The van der Waals surface area contributed by atoms with Crippen molar-refractivity contribution < 1.29 is 89.4 Å². The number of rotatable bonds is 74. The Morgan fingerprint density at radius 2 is 0.611 bits per heavy atom. The monoisotopic (exact) mass is 1540 g/mol. The van der Waals surface area contributed by atoms with Gasteiger partial charge >= 0.3 is 0 Å². The van der Waals surface area contributed by atoms with Crippen molar-refractivity contribution in [2.75, 3.05) is 26.4 Å². The molecule has 0 aromatic heterocycles. The minimum Gasteiger partial charge on any atom is -0.394 e. The summed E-state index contributed by atoms with van der Waals surface area (Å²) in [5.41, 5.74) is 0. The van der Waals surface area contributed by atoms with Gasteiger partial charge in [-0.25, -0.2) is 0 Å². The highest BCUT2D eigenvalue weighted by Crippen LogP contribution is 2.34. The molecule has 12 N–H and O–H groups in total. The van der Waals surface area contributed by atoms with E-state index in [-0.39, 0.29) is 18.9 Å². The van der Waals surface area contributed by atoms with Gasteiger partial charge in [-0.2, -0.15) is 0 Å². The molecule has 0 aliphatic carbocycles. The van der Waals surface area contributed by atoms with Crippen molar-refractivity contribution >= 4 is 5.91 Å². The van der Waals surface area contributed by atoms with Gasteiger partial charge in [-0.1, -0.05) is 371 Å². The predicted molar refractivity (Wildman–Crippen MR) is 434 cm³/mol. The lowest BCUT2D eigenvalue weighted by atomic mass is 9.96. The van der Waals surface area contributed by atoms with Crippen molar-refractivity contribution in [2.24, 2.45) is 0 Å². The molecule has 1 amide bonds. The van der Waals surface area contributed by atoms with Crippen LogP contribution in [0.15, 0.2) is 36.5 Å². The molecule has 636 valence electrons. The summed E-state index contributed by atoms with van der Waals surface area (Å²) in [6, 6.07) is -0.887. The molecule has 0 aromatic carbocycles. The highest BCUT2D eigenvalue weighted by atomic mass is 16.8. The fraction of sp³-hybridized carbons (Fsp3) is 0.921. The van der Waals surface area contributed by atoms with Crippen molar-refractivity contribution in [3.63, 3.8) is 0 Å². The van der Waals surface area contributed by atoms with E-state index in [1.807, 2.05) is 0 Å². The number of nitrogens with one attached hydrogen (secondary N) is 1. The van der Waals surface area contributed by atoms with Gasteiger partial charge < -0.3 is 89.9 Å². The number of carbonyl (C=O) groups excluding carboxylic acids is 1. The number of hydrogen-bond donors (Lipinski definition) is 12. The van der Waals surface area contributed by atoms with Crippen LogP contribution in [0, 0.1) is 0 Å². The Morgan fingerprint density at radius 1 is 0.333 bits per heavy atom. The summed E-state index contributed by atoms with van der Waals surface area (Å²) in [4.78, 5) is 13.5. The van der Waals surface area contributed by atoms with Crippen LogP contribution in [-0.4, -0.2) is 193 Å². The number of amides is 1. The van der Waals surface area contributed by atoms with E-state index in [4.69, 9.17) is 28.4 Å². The summed E-state index contributed by atoms with van der Waals surface area (Å²) in [5.74, 6) is -0.234. The highest BCUT2D eigenvalue weighted by Gasteiger charge is 2.54. The second-order valence-corrected chi connectivity index (χ2v) is 32.4. The first-order valence-electron chi connectivity index (χ1n) is 45.2. The SMILES string of the molecule is CCCCCCC/C=C\C/C=C\C/C=C\CCCCCCCCCCCCCCCCCCCCCCCCCCC(=O)NC(COC1OC(CO)C(OC2OC(CO)C(OC3OC(CO)C(O)C(O)C3O)C(O)C2O)C(O)C1O)C(O)CCCCCCCCCCCCCCCCCCCCCCCCCC. The topological polar surface area (TPSA) is 307 Å². The molecule has 0 spiro atoms. The zero-order valence-electron chi connectivity index (χ0n) is 68.6. The van der Waals surface area contributed by atoms with Gasteiger partial charge in [0.15, 0.2) is 18.9 Å². The molecular weight excluding hydrogens is 1370 g/mol. The van der Waals surface area contributed by atoms with E-state index in [0.29, 0.717) is 12.8 Å². The molecule has 19 heteroatoms. The Morgan fingerprint density at radius 3 is 0.954 bits per heavy atom. The van der Waals surface area contributed by atoms with Gasteiger partial charge in [-0.15, -0.1) is 0 Å². The van der Waals surface area contributed by atoms with Crippen molar-refractivity contribution in [1.82, 2.24) is 5.32 Å². The Labute approximate surface area is 657 Å². The first-order valence-corrected chi connectivity index (χ1v) is 45.2. The lowest BCUT2D eigenvalue weighted by Crippen LogP contribution is -2.66. The second-order valence-electron chi connectivity index (χ2n) is 32.4. The average Bonchev–Trinajstić information content (AvgIpc) is 0.775. The molecule has 3 heterocycles. The number of hydrogen-bond acceptors (Lipinski definition) is 18. The summed E-state index contributed by atoms with van der Waals surface area (Å²) in [6.07, 6.45) is 61.1. The van der Waals surface area contributed by atoms with Crippen molar-refractivity contribution in [3.8, 4) is 0 Å². The van der Waals surface area contributed by atoms with E-state index in [1.54, 1.807) is 0 Å². The van der Waals surface area contributed by atoms with Crippen molar-refractivity contribution in [1.29, 1.82) is 0 Å². The van der Waals surface area contributed by atoms with Gasteiger partial charge in [0, 0.05) is 6.42 Å². The summed E-state index contributed by atoms with van der Waals surface area (Å²) in [7, 11) is 0. The van der Waals surface area contributed by atoms with E-state index < -0.39 is 124 Å². The van der Waals surface area contributed by atoms with E-state index in [9.17, 15) is 61.0 Å². The van der Waals surface area contributed by atoms with E-state index in [2.05, 4.69) is 55.6 Å². The minimum atomic E-state index is -1.97. The van der Waals surface area contributed by atoms with Gasteiger partial charge in [0.1, 0.15) is 73.2 Å². The number of carbonyl (C=O) groups is 1. The molecule has 3 aliphatic heterocycles. The third-order valence-electron chi connectivity index (χ3n) is 22.7. The molecule has 3 saturated heterocycles. The average molecular weight is 1540 g/mol. The van der Waals surface area contributed by atoms with Crippen molar-refractivity contribution in [3.05, 3.63) is 36.5 Å². The molecule has 19 nitrogen and oxygen atoms in total. The van der Waals surface area contributed by atoms with E-state index in [0.717, 1.165) is 57.8 Å². The molecule has 3 fully saturated rings. The van der Waals surface area contributed by atoms with Crippen LogP contribution in [0.1, 0.15) is 393 Å². The maximum atomic E-state index is 13.5. The Bertz CT molecular complexity index is 2090. The van der Waals surface area contributed by atoms with Crippen molar-refractivity contribution in [2.45, 2.75) is 497 Å². The van der Waals surface area contributed by atoms with Gasteiger partial charge in [0.25, 0.3) is 0 Å². The third-order valence-corrected chi connectivity index (χ3v) is 22.7. The number of unbranched alkanes of at least 4 members (excludes halogenated alkanes) is 52. The predicted octanol–water partition coefficient (Wildman–Crippen LogP) is 17.0. The largest absolute Gasteiger partial charge is 0.394 e. The molecule has 0 aromatic rings. The zero-order valence-corrected chi connectivity index (χ0v) is 68.6. The van der Waals surface area contributed by atoms with Crippen LogP contribution >= 0.6 is 0 Å². The molecule has 17 atom stereocenters. The van der Waals surface area contributed by atoms with Crippen LogP contribution in [0.25, 0.3) is 0 Å². The van der Waals surface area contributed by atoms with Gasteiger partial charge in [0.2, 0.25) is 5.91 Å². The Hall–Kier alpha value is -1.99. The molecule has 0 saturated carbocycles. The molecule has 108 heavy (non-hydrogen) atoms. The van der Waals surface area contributed by atoms with Crippen LogP contribution in [0.3, 0.4) is 0 Å². The zero-order chi connectivity index (χ0) is 78.1. The quantitative estimate of drug-likeness (QED) is 0.0199. The number of ether oxygens (including phenoxy) is 6. The van der Waals surface area contributed by atoms with Crippen LogP contribution < -0.4 is 5.32 Å².